The summed E-state index contributed by atoms with van der Waals surface area (Å²) in [5, 5.41) is 12.4. The van der Waals surface area contributed by atoms with Crippen LogP contribution in [0.25, 0.3) is 0 Å². The fraction of sp³-hybridized carbons (Fsp3) is 0.900. The van der Waals surface area contributed by atoms with E-state index in [9.17, 15) is 0 Å². The predicted octanol–water partition coefficient (Wildman–Crippen LogP) is 0.209. The van der Waals surface area contributed by atoms with Gasteiger partial charge in [-0.15, -0.1) is 0 Å². The summed E-state index contributed by atoms with van der Waals surface area (Å²) in [7, 11) is 1.66. The van der Waals surface area contributed by atoms with Crippen molar-refractivity contribution in [1.82, 2.24) is 10.2 Å². The van der Waals surface area contributed by atoms with E-state index in [-0.39, 0.29) is 6.04 Å². The molecule has 80 valence electrons. The Morgan fingerprint density at radius 3 is 2.43 bits per heavy atom. The summed E-state index contributed by atoms with van der Waals surface area (Å²) < 4.78 is 5.36. The summed E-state index contributed by atoms with van der Waals surface area (Å²) in [5.74, 6) is 0. The van der Waals surface area contributed by atoms with Gasteiger partial charge in [-0.2, -0.15) is 5.26 Å². The van der Waals surface area contributed by atoms with Crippen molar-refractivity contribution in [2.45, 2.75) is 25.5 Å². The minimum Gasteiger partial charge on any atom is -0.376 e. The van der Waals surface area contributed by atoms with Crippen LogP contribution in [0.3, 0.4) is 0 Å². The number of methoxy groups -OCH3 is 1. The Hall–Kier alpha value is -0.630. The quantitative estimate of drug-likeness (QED) is 0.702. The van der Waals surface area contributed by atoms with E-state index in [2.05, 4.69) is 16.3 Å². The number of nitrogens with zero attached hydrogens (tertiary/aromatic N) is 2. The predicted molar refractivity (Wildman–Crippen MR) is 54.9 cm³/mol. The van der Waals surface area contributed by atoms with Crippen LogP contribution in [0.5, 0.6) is 0 Å². The van der Waals surface area contributed by atoms with E-state index in [1.165, 1.54) is 0 Å². The molecule has 0 amide bonds. The maximum absolute atomic E-state index is 9.15. The van der Waals surface area contributed by atoms with Crippen LogP contribution in [0.15, 0.2) is 0 Å². The summed E-state index contributed by atoms with van der Waals surface area (Å²) in [5.41, 5.74) is -0.397. The molecule has 1 rings (SSSR count). The van der Waals surface area contributed by atoms with Gasteiger partial charge in [-0.1, -0.05) is 0 Å². The Bertz CT molecular complexity index is 216. The molecule has 0 spiro atoms. The Balaban J connectivity index is 2.66. The molecule has 1 unspecified atom stereocenters. The lowest BCUT2D eigenvalue weighted by atomic mass is 9.97. The summed E-state index contributed by atoms with van der Waals surface area (Å²) in [6.45, 7) is 7.68. The summed E-state index contributed by atoms with van der Waals surface area (Å²) >= 11 is 0. The molecule has 4 nitrogen and oxygen atoms in total. The standard InChI is InChI=1S/C10H19N3O/c1-10(2,14-3)9(8-11)13-6-4-12-5-7-13/h9,12H,4-7H2,1-3H3. The molecule has 1 fully saturated rings. The number of ether oxygens (including phenoxy) is 1. The second-order valence-corrected chi connectivity index (χ2v) is 4.13. The van der Waals surface area contributed by atoms with Crippen LogP contribution in [0.2, 0.25) is 0 Å². The second-order valence-electron chi connectivity index (χ2n) is 4.13. The van der Waals surface area contributed by atoms with E-state index < -0.39 is 5.60 Å². The van der Waals surface area contributed by atoms with E-state index >= 15 is 0 Å². The molecule has 0 saturated carbocycles. The van der Waals surface area contributed by atoms with Crippen molar-refractivity contribution in [3.05, 3.63) is 0 Å². The van der Waals surface area contributed by atoms with E-state index in [4.69, 9.17) is 10.00 Å². The van der Waals surface area contributed by atoms with Crippen LogP contribution in [-0.2, 0) is 4.74 Å². The molecule has 1 atom stereocenters. The third kappa shape index (κ3) is 2.44. The molecular weight excluding hydrogens is 178 g/mol. The number of hydrogen-bond donors (Lipinski definition) is 1. The van der Waals surface area contributed by atoms with Crippen molar-refractivity contribution in [2.24, 2.45) is 0 Å². The van der Waals surface area contributed by atoms with Gasteiger partial charge in [0.25, 0.3) is 0 Å². The first kappa shape index (κ1) is 11.4. The Morgan fingerprint density at radius 2 is 2.00 bits per heavy atom. The minimum absolute atomic E-state index is 0.158. The topological polar surface area (TPSA) is 48.3 Å². The molecule has 1 aliphatic heterocycles. The fourth-order valence-corrected chi connectivity index (χ4v) is 1.73. The van der Waals surface area contributed by atoms with Crippen LogP contribution in [0.4, 0.5) is 0 Å². The number of nitriles is 1. The van der Waals surface area contributed by atoms with Gasteiger partial charge in [0.05, 0.1) is 11.7 Å². The zero-order valence-electron chi connectivity index (χ0n) is 9.21. The van der Waals surface area contributed by atoms with E-state index in [1.54, 1.807) is 7.11 Å². The molecular formula is C10H19N3O. The summed E-state index contributed by atoms with van der Waals surface area (Å²) in [4.78, 5) is 2.18. The van der Waals surface area contributed by atoms with E-state index in [1.807, 2.05) is 13.8 Å². The van der Waals surface area contributed by atoms with Crippen molar-refractivity contribution in [3.8, 4) is 6.07 Å². The van der Waals surface area contributed by atoms with Gasteiger partial charge in [0.1, 0.15) is 6.04 Å². The highest BCUT2D eigenvalue weighted by Gasteiger charge is 2.34. The van der Waals surface area contributed by atoms with Crippen molar-refractivity contribution < 1.29 is 4.74 Å². The van der Waals surface area contributed by atoms with Gasteiger partial charge in [-0.3, -0.25) is 4.90 Å². The smallest absolute Gasteiger partial charge is 0.127 e. The van der Waals surface area contributed by atoms with Crippen LogP contribution < -0.4 is 5.32 Å². The Kier molecular flexibility index (Phi) is 3.87. The monoisotopic (exact) mass is 197 g/mol. The van der Waals surface area contributed by atoms with Crippen LogP contribution in [0.1, 0.15) is 13.8 Å². The highest BCUT2D eigenvalue weighted by Crippen LogP contribution is 2.19. The van der Waals surface area contributed by atoms with E-state index in [0.717, 1.165) is 26.2 Å². The van der Waals surface area contributed by atoms with Gasteiger partial charge >= 0.3 is 0 Å². The van der Waals surface area contributed by atoms with Gasteiger partial charge in [0, 0.05) is 33.3 Å². The zero-order chi connectivity index (χ0) is 10.6. The molecule has 0 aromatic heterocycles. The van der Waals surface area contributed by atoms with Crippen LogP contribution in [-0.4, -0.2) is 49.8 Å². The van der Waals surface area contributed by atoms with Crippen molar-refractivity contribution >= 4 is 0 Å². The third-order valence-electron chi connectivity index (χ3n) is 2.82. The molecule has 14 heavy (non-hydrogen) atoms. The molecule has 0 radical (unpaired) electrons. The van der Waals surface area contributed by atoms with Gasteiger partial charge in [0.2, 0.25) is 0 Å². The lowest BCUT2D eigenvalue weighted by Crippen LogP contribution is -2.55. The molecule has 1 saturated heterocycles. The molecule has 1 N–H and O–H groups in total. The van der Waals surface area contributed by atoms with Gasteiger partial charge in [-0.25, -0.2) is 0 Å². The molecule has 4 heteroatoms. The molecule has 0 aromatic carbocycles. The van der Waals surface area contributed by atoms with Crippen LogP contribution >= 0.6 is 0 Å². The number of rotatable bonds is 3. The minimum atomic E-state index is -0.397. The summed E-state index contributed by atoms with van der Waals surface area (Å²) in [6, 6.07) is 2.18. The normalized spacial score (nSPS) is 21.6. The average molecular weight is 197 g/mol. The SMILES string of the molecule is COC(C)(C)C(C#N)N1CCNCC1. The number of nitrogens with one attached hydrogen (secondary N) is 1. The Morgan fingerprint density at radius 1 is 1.43 bits per heavy atom. The van der Waals surface area contributed by atoms with Crippen molar-refractivity contribution in [1.29, 1.82) is 5.26 Å². The van der Waals surface area contributed by atoms with Gasteiger partial charge in [-0.05, 0) is 13.8 Å². The maximum Gasteiger partial charge on any atom is 0.127 e. The van der Waals surface area contributed by atoms with Gasteiger partial charge < -0.3 is 10.1 Å². The highest BCUT2D eigenvalue weighted by molar-refractivity contribution is 5.03. The largest absolute Gasteiger partial charge is 0.376 e. The molecule has 0 bridgehead atoms. The molecule has 0 aliphatic carbocycles. The van der Waals surface area contributed by atoms with Crippen molar-refractivity contribution in [2.75, 3.05) is 33.3 Å². The zero-order valence-corrected chi connectivity index (χ0v) is 9.21. The van der Waals surface area contributed by atoms with Crippen molar-refractivity contribution in [3.63, 3.8) is 0 Å². The average Bonchev–Trinajstić information content (AvgIpc) is 2.20. The first-order chi connectivity index (χ1) is 6.61. The van der Waals surface area contributed by atoms with E-state index in [0.29, 0.717) is 0 Å². The fourth-order valence-electron chi connectivity index (χ4n) is 1.73. The molecule has 1 aliphatic rings. The second kappa shape index (κ2) is 4.74. The first-order valence-electron chi connectivity index (χ1n) is 5.01. The summed E-state index contributed by atoms with van der Waals surface area (Å²) in [6.07, 6.45) is 0. The first-order valence-corrected chi connectivity index (χ1v) is 5.01. The lowest BCUT2D eigenvalue weighted by molar-refractivity contribution is -0.0357. The lowest BCUT2D eigenvalue weighted by Gasteiger charge is -2.38. The van der Waals surface area contributed by atoms with Gasteiger partial charge in [0.15, 0.2) is 0 Å². The third-order valence-corrected chi connectivity index (χ3v) is 2.82. The number of hydrogen-bond acceptors (Lipinski definition) is 4. The molecule has 0 aromatic rings. The molecule has 1 heterocycles. The van der Waals surface area contributed by atoms with Crippen LogP contribution in [0, 0.1) is 11.3 Å². The Labute approximate surface area is 85.8 Å². The number of piperazine rings is 1. The maximum atomic E-state index is 9.15. The highest BCUT2D eigenvalue weighted by atomic mass is 16.5.